The van der Waals surface area contributed by atoms with Crippen LogP contribution in [0, 0.1) is 6.92 Å². The van der Waals surface area contributed by atoms with E-state index in [1.807, 2.05) is 17.5 Å². The average Bonchev–Trinajstić information content (AvgIpc) is 3.47. The Kier molecular flexibility index (Phi) is 5.53. The van der Waals surface area contributed by atoms with Crippen LogP contribution in [-0.2, 0) is 16.6 Å². The molecule has 4 aromatic rings. The molecule has 31 heavy (non-hydrogen) atoms. The molecule has 0 fully saturated rings. The molecule has 0 spiro atoms. The molecule has 158 valence electrons. The lowest BCUT2D eigenvalue weighted by molar-refractivity contribution is -0.119. The van der Waals surface area contributed by atoms with Crippen molar-refractivity contribution in [1.29, 1.82) is 0 Å². The fourth-order valence-corrected chi connectivity index (χ4v) is 4.62. The Bertz CT molecular complexity index is 1310. The van der Waals surface area contributed by atoms with Crippen LogP contribution in [0.5, 0.6) is 0 Å². The first kappa shape index (κ1) is 20.7. The third-order valence-electron chi connectivity index (χ3n) is 4.48. The molecule has 0 aliphatic carbocycles. The fourth-order valence-electron chi connectivity index (χ4n) is 3.13. The van der Waals surface area contributed by atoms with E-state index in [2.05, 4.69) is 15.4 Å². The zero-order chi connectivity index (χ0) is 22.1. The maximum atomic E-state index is 12.9. The second kappa shape index (κ2) is 8.28. The standard InChI is InChI=1S/C20H17N5O4S2/c1-10-16-12(8-13(14-4-3-6-30-14)22-18(16)25(2)24-10)20(28)29-9-15(26)23-19-11(17(21)27)5-7-31-19/h3-8H,9H2,1-2H3,(H2,21,27)(H,23,26). The van der Waals surface area contributed by atoms with Gasteiger partial charge in [0.1, 0.15) is 5.00 Å². The molecule has 11 heteroatoms. The van der Waals surface area contributed by atoms with Gasteiger partial charge in [0.2, 0.25) is 0 Å². The van der Waals surface area contributed by atoms with Crippen LogP contribution in [-0.4, -0.2) is 39.2 Å². The van der Waals surface area contributed by atoms with Crippen LogP contribution in [0.1, 0.15) is 26.4 Å². The van der Waals surface area contributed by atoms with Gasteiger partial charge in [-0.2, -0.15) is 5.10 Å². The molecular weight excluding hydrogens is 438 g/mol. The number of pyridine rings is 1. The summed E-state index contributed by atoms with van der Waals surface area (Å²) in [6, 6.07) is 6.96. The van der Waals surface area contributed by atoms with E-state index < -0.39 is 24.4 Å². The number of primary amides is 1. The number of nitrogens with two attached hydrogens (primary N) is 1. The Morgan fingerprint density at radius 3 is 2.71 bits per heavy atom. The van der Waals surface area contributed by atoms with Crippen LogP contribution in [0.2, 0.25) is 0 Å². The van der Waals surface area contributed by atoms with Gasteiger partial charge in [-0.3, -0.25) is 14.3 Å². The molecule has 9 nitrogen and oxygen atoms in total. The Hall–Kier alpha value is -3.57. The zero-order valence-electron chi connectivity index (χ0n) is 16.5. The molecular formula is C20H17N5O4S2. The van der Waals surface area contributed by atoms with Crippen molar-refractivity contribution in [2.45, 2.75) is 6.92 Å². The summed E-state index contributed by atoms with van der Waals surface area (Å²) in [5, 5.41) is 11.3. The van der Waals surface area contributed by atoms with Gasteiger partial charge in [0.25, 0.3) is 11.8 Å². The summed E-state index contributed by atoms with van der Waals surface area (Å²) >= 11 is 2.65. The highest BCUT2D eigenvalue weighted by Crippen LogP contribution is 2.29. The number of nitrogens with one attached hydrogen (secondary N) is 1. The summed E-state index contributed by atoms with van der Waals surface area (Å²) < 4.78 is 6.86. The number of amides is 2. The highest BCUT2D eigenvalue weighted by Gasteiger charge is 2.22. The molecule has 0 aromatic carbocycles. The van der Waals surface area contributed by atoms with Crippen molar-refractivity contribution in [2.75, 3.05) is 11.9 Å². The SMILES string of the molecule is Cc1nn(C)c2nc(-c3cccs3)cc(C(=O)OCC(=O)Nc3sccc3C(N)=O)c12. The maximum Gasteiger partial charge on any atom is 0.339 e. The normalized spacial score (nSPS) is 10.9. The molecule has 0 saturated heterocycles. The predicted octanol–water partition coefficient (Wildman–Crippen LogP) is 2.96. The van der Waals surface area contributed by atoms with Gasteiger partial charge in [-0.15, -0.1) is 22.7 Å². The van der Waals surface area contributed by atoms with Crippen LogP contribution < -0.4 is 11.1 Å². The molecule has 0 aliphatic heterocycles. The summed E-state index contributed by atoms with van der Waals surface area (Å²) in [5.41, 5.74) is 7.55. The van der Waals surface area contributed by atoms with Gasteiger partial charge in [-0.05, 0) is 35.9 Å². The minimum atomic E-state index is -0.669. The summed E-state index contributed by atoms with van der Waals surface area (Å²) in [7, 11) is 1.75. The van der Waals surface area contributed by atoms with Crippen LogP contribution >= 0.6 is 22.7 Å². The number of thiophene rings is 2. The summed E-state index contributed by atoms with van der Waals surface area (Å²) in [4.78, 5) is 42.0. The number of ether oxygens (including phenoxy) is 1. The van der Waals surface area contributed by atoms with Crippen LogP contribution in [0.15, 0.2) is 35.0 Å². The first-order chi connectivity index (χ1) is 14.8. The van der Waals surface area contributed by atoms with Crippen LogP contribution in [0.3, 0.4) is 0 Å². The fraction of sp³-hybridized carbons (Fsp3) is 0.150. The van der Waals surface area contributed by atoms with Gasteiger partial charge in [-0.25, -0.2) is 9.78 Å². The summed E-state index contributed by atoms with van der Waals surface area (Å²) in [5.74, 6) is -1.90. The second-order valence-corrected chi connectivity index (χ2v) is 8.46. The third kappa shape index (κ3) is 4.05. The van der Waals surface area contributed by atoms with E-state index in [1.165, 1.54) is 17.4 Å². The van der Waals surface area contributed by atoms with Crippen molar-refractivity contribution in [3.63, 3.8) is 0 Å². The smallest absolute Gasteiger partial charge is 0.339 e. The van der Waals surface area contributed by atoms with Gasteiger partial charge in [0, 0.05) is 7.05 Å². The number of nitrogens with zero attached hydrogens (tertiary/aromatic N) is 3. The monoisotopic (exact) mass is 455 g/mol. The first-order valence-electron chi connectivity index (χ1n) is 9.07. The number of anilines is 1. The van der Waals surface area contributed by atoms with Crippen molar-refractivity contribution in [3.05, 3.63) is 51.8 Å². The van der Waals surface area contributed by atoms with E-state index in [1.54, 1.807) is 30.1 Å². The van der Waals surface area contributed by atoms with Crippen molar-refractivity contribution in [2.24, 2.45) is 12.8 Å². The van der Waals surface area contributed by atoms with E-state index >= 15 is 0 Å². The number of esters is 1. The van der Waals surface area contributed by atoms with Crippen molar-refractivity contribution >= 4 is 56.5 Å². The number of carbonyl (C=O) groups is 3. The zero-order valence-corrected chi connectivity index (χ0v) is 18.2. The second-order valence-electron chi connectivity index (χ2n) is 6.59. The van der Waals surface area contributed by atoms with E-state index in [9.17, 15) is 14.4 Å². The largest absolute Gasteiger partial charge is 0.452 e. The minimum absolute atomic E-state index is 0.201. The van der Waals surface area contributed by atoms with E-state index in [-0.39, 0.29) is 11.1 Å². The maximum absolute atomic E-state index is 12.9. The highest BCUT2D eigenvalue weighted by molar-refractivity contribution is 7.14. The van der Waals surface area contributed by atoms with Gasteiger partial charge in [0.05, 0.1) is 32.8 Å². The molecule has 2 amide bonds. The lowest BCUT2D eigenvalue weighted by atomic mass is 10.1. The van der Waals surface area contributed by atoms with Crippen molar-refractivity contribution in [1.82, 2.24) is 14.8 Å². The quantitative estimate of drug-likeness (QED) is 0.430. The topological polar surface area (TPSA) is 129 Å². The first-order valence-corrected chi connectivity index (χ1v) is 10.8. The van der Waals surface area contributed by atoms with Crippen LogP contribution in [0.4, 0.5) is 5.00 Å². The number of fused-ring (bicyclic) bond motifs is 1. The van der Waals surface area contributed by atoms with E-state index in [0.29, 0.717) is 27.4 Å². The molecule has 4 rings (SSSR count). The Morgan fingerprint density at radius 2 is 2.00 bits per heavy atom. The number of hydrogen-bond donors (Lipinski definition) is 2. The number of rotatable bonds is 6. The lowest BCUT2D eigenvalue weighted by Crippen LogP contribution is -2.22. The minimum Gasteiger partial charge on any atom is -0.452 e. The predicted molar refractivity (Wildman–Crippen MR) is 118 cm³/mol. The molecule has 0 saturated carbocycles. The molecule has 4 aromatic heterocycles. The van der Waals surface area contributed by atoms with E-state index in [0.717, 1.165) is 16.2 Å². The molecule has 0 atom stereocenters. The number of aromatic nitrogens is 3. The third-order valence-corrected chi connectivity index (χ3v) is 6.20. The van der Waals surface area contributed by atoms with E-state index in [4.69, 9.17) is 10.5 Å². The Labute approximate surface area is 184 Å². The summed E-state index contributed by atoms with van der Waals surface area (Å²) in [6.45, 7) is 1.26. The van der Waals surface area contributed by atoms with Crippen LogP contribution in [0.25, 0.3) is 21.6 Å². The Balaban J connectivity index is 1.58. The van der Waals surface area contributed by atoms with Gasteiger partial charge in [-0.1, -0.05) is 6.07 Å². The lowest BCUT2D eigenvalue weighted by Gasteiger charge is -2.09. The van der Waals surface area contributed by atoms with Gasteiger partial charge >= 0.3 is 5.97 Å². The average molecular weight is 456 g/mol. The molecule has 4 heterocycles. The van der Waals surface area contributed by atoms with Crippen molar-refractivity contribution < 1.29 is 19.1 Å². The molecule has 0 aliphatic rings. The molecule has 0 bridgehead atoms. The number of hydrogen-bond acceptors (Lipinski definition) is 8. The molecule has 3 N–H and O–H groups in total. The number of aryl methyl sites for hydroxylation is 2. The highest BCUT2D eigenvalue weighted by atomic mass is 32.1. The molecule has 0 unspecified atom stereocenters. The Morgan fingerprint density at radius 1 is 1.19 bits per heavy atom. The summed E-state index contributed by atoms with van der Waals surface area (Å²) in [6.07, 6.45) is 0. The molecule has 0 radical (unpaired) electrons. The van der Waals surface area contributed by atoms with Gasteiger partial charge in [0.15, 0.2) is 12.3 Å². The van der Waals surface area contributed by atoms with Gasteiger partial charge < -0.3 is 15.8 Å². The number of carbonyl (C=O) groups excluding carboxylic acids is 3. The van der Waals surface area contributed by atoms with Crippen molar-refractivity contribution in [3.8, 4) is 10.6 Å².